The summed E-state index contributed by atoms with van der Waals surface area (Å²) in [5.41, 5.74) is 0.978. The average Bonchev–Trinajstić information content (AvgIpc) is 2.98. The second-order valence-electron chi connectivity index (χ2n) is 8.31. The molecule has 1 aliphatic carbocycles. The van der Waals surface area contributed by atoms with E-state index in [0.29, 0.717) is 22.1 Å². The Labute approximate surface area is 181 Å². The van der Waals surface area contributed by atoms with Crippen molar-refractivity contribution in [2.45, 2.75) is 50.5 Å². The molecule has 156 valence electrons. The van der Waals surface area contributed by atoms with Gasteiger partial charge in [-0.05, 0) is 37.3 Å². The van der Waals surface area contributed by atoms with E-state index in [9.17, 15) is 14.4 Å². The molecule has 3 amide bonds. The highest BCUT2D eigenvalue weighted by molar-refractivity contribution is 6.32. The molecule has 4 rings (SSSR count). The average molecular weight is 425 g/mol. The maximum atomic E-state index is 13.0. The number of carbonyl (C=O) groups excluding carboxylic acids is 3. The predicted octanol–water partition coefficient (Wildman–Crippen LogP) is 5.04. The number of carbonyl (C=O) groups is 3. The van der Waals surface area contributed by atoms with Gasteiger partial charge in [0.15, 0.2) is 5.78 Å². The second kappa shape index (κ2) is 8.23. The van der Waals surface area contributed by atoms with Gasteiger partial charge in [-0.25, -0.2) is 4.79 Å². The van der Waals surface area contributed by atoms with Gasteiger partial charge in [-0.15, -0.1) is 0 Å². The standard InChI is InChI=1S/C24H25ClN2O3/c1-24(19-9-5-6-10-20(19)25)22(29)27(23(30)26-24)15-21(28)18-13-11-17(12-14-18)16-7-3-2-4-8-16/h5-6,9-14,16H,2-4,7-8,15H2,1H3,(H,26,30)/t24-/m1/s1. The van der Waals surface area contributed by atoms with Crippen molar-refractivity contribution in [2.24, 2.45) is 0 Å². The Balaban J connectivity index is 1.48. The first-order chi connectivity index (χ1) is 14.4. The van der Waals surface area contributed by atoms with Crippen LogP contribution in [0.25, 0.3) is 0 Å². The van der Waals surface area contributed by atoms with Crippen molar-refractivity contribution in [2.75, 3.05) is 6.54 Å². The van der Waals surface area contributed by atoms with Crippen LogP contribution in [0, 0.1) is 0 Å². The SMILES string of the molecule is C[C@]1(c2ccccc2Cl)NC(=O)N(CC(=O)c2ccc(C3CCCCC3)cc2)C1=O. The van der Waals surface area contributed by atoms with Crippen molar-refractivity contribution in [1.29, 1.82) is 0 Å². The molecule has 1 N–H and O–H groups in total. The molecule has 5 nitrogen and oxygen atoms in total. The minimum absolute atomic E-state index is 0.267. The highest BCUT2D eigenvalue weighted by Gasteiger charge is 2.50. The molecule has 1 atom stereocenters. The summed E-state index contributed by atoms with van der Waals surface area (Å²) in [5.74, 6) is -0.185. The van der Waals surface area contributed by atoms with E-state index < -0.39 is 17.5 Å². The molecule has 2 fully saturated rings. The van der Waals surface area contributed by atoms with Gasteiger partial charge >= 0.3 is 6.03 Å². The number of imide groups is 1. The summed E-state index contributed by atoms with van der Waals surface area (Å²) in [4.78, 5) is 39.3. The minimum Gasteiger partial charge on any atom is -0.319 e. The fourth-order valence-electron chi connectivity index (χ4n) is 4.50. The largest absolute Gasteiger partial charge is 0.325 e. The minimum atomic E-state index is -1.29. The van der Waals surface area contributed by atoms with Gasteiger partial charge in [0.05, 0.1) is 6.54 Å². The molecular formula is C24H25ClN2O3. The van der Waals surface area contributed by atoms with E-state index in [1.165, 1.54) is 37.7 Å². The molecule has 1 saturated carbocycles. The number of urea groups is 1. The second-order valence-corrected chi connectivity index (χ2v) is 8.71. The van der Waals surface area contributed by atoms with E-state index >= 15 is 0 Å². The third-order valence-electron chi connectivity index (χ3n) is 6.30. The van der Waals surface area contributed by atoms with Crippen LogP contribution >= 0.6 is 11.6 Å². The molecule has 1 heterocycles. The lowest BCUT2D eigenvalue weighted by Gasteiger charge is -2.23. The maximum absolute atomic E-state index is 13.0. The molecule has 0 spiro atoms. The molecule has 1 aliphatic heterocycles. The third kappa shape index (κ3) is 3.74. The summed E-state index contributed by atoms with van der Waals surface area (Å²) in [7, 11) is 0. The van der Waals surface area contributed by atoms with Crippen LogP contribution in [-0.2, 0) is 10.3 Å². The smallest absolute Gasteiger partial charge is 0.319 e. The van der Waals surface area contributed by atoms with Crippen LogP contribution in [0.1, 0.15) is 66.4 Å². The van der Waals surface area contributed by atoms with Gasteiger partial charge < -0.3 is 5.32 Å². The topological polar surface area (TPSA) is 66.5 Å². The number of nitrogens with zero attached hydrogens (tertiary/aromatic N) is 1. The summed E-state index contributed by atoms with van der Waals surface area (Å²) in [6.07, 6.45) is 6.18. The number of amides is 3. The number of hydrogen-bond donors (Lipinski definition) is 1. The molecule has 1 saturated heterocycles. The Bertz CT molecular complexity index is 982. The Kier molecular flexibility index (Phi) is 5.65. The van der Waals surface area contributed by atoms with Gasteiger partial charge in [0, 0.05) is 16.1 Å². The Hall–Kier alpha value is -2.66. The van der Waals surface area contributed by atoms with E-state index in [-0.39, 0.29) is 12.3 Å². The third-order valence-corrected chi connectivity index (χ3v) is 6.63. The summed E-state index contributed by atoms with van der Waals surface area (Å²) in [6.45, 7) is 1.31. The lowest BCUT2D eigenvalue weighted by Crippen LogP contribution is -2.41. The Morgan fingerprint density at radius 3 is 2.40 bits per heavy atom. The van der Waals surface area contributed by atoms with Gasteiger partial charge in [0.2, 0.25) is 0 Å². The van der Waals surface area contributed by atoms with Crippen molar-refractivity contribution < 1.29 is 14.4 Å². The number of rotatable bonds is 5. The molecule has 6 heteroatoms. The predicted molar refractivity (Wildman–Crippen MR) is 116 cm³/mol. The first-order valence-corrected chi connectivity index (χ1v) is 10.8. The van der Waals surface area contributed by atoms with Crippen LogP contribution in [0.5, 0.6) is 0 Å². The van der Waals surface area contributed by atoms with E-state index in [1.54, 1.807) is 43.3 Å². The number of hydrogen-bond acceptors (Lipinski definition) is 3. The summed E-state index contributed by atoms with van der Waals surface area (Å²) in [5, 5.41) is 3.09. The van der Waals surface area contributed by atoms with Crippen LogP contribution in [0.15, 0.2) is 48.5 Å². The van der Waals surface area contributed by atoms with Crippen LogP contribution in [0.4, 0.5) is 4.79 Å². The number of ketones is 1. The van der Waals surface area contributed by atoms with Crippen molar-refractivity contribution >= 4 is 29.3 Å². The molecule has 0 bridgehead atoms. The van der Waals surface area contributed by atoms with Gasteiger partial charge in [-0.2, -0.15) is 0 Å². The first-order valence-electron chi connectivity index (χ1n) is 10.4. The summed E-state index contributed by atoms with van der Waals surface area (Å²) >= 11 is 6.25. The Morgan fingerprint density at radius 1 is 1.07 bits per heavy atom. The zero-order chi connectivity index (χ0) is 21.3. The fraction of sp³-hybridized carbons (Fsp3) is 0.375. The summed E-state index contributed by atoms with van der Waals surface area (Å²) < 4.78 is 0. The highest BCUT2D eigenvalue weighted by atomic mass is 35.5. The molecule has 2 aliphatic rings. The van der Waals surface area contributed by atoms with Crippen LogP contribution in [0.2, 0.25) is 5.02 Å². The fourth-order valence-corrected chi connectivity index (χ4v) is 4.83. The quantitative estimate of drug-likeness (QED) is 0.540. The van der Waals surface area contributed by atoms with Crippen LogP contribution < -0.4 is 5.32 Å². The van der Waals surface area contributed by atoms with E-state index in [2.05, 4.69) is 5.32 Å². The summed E-state index contributed by atoms with van der Waals surface area (Å²) in [6, 6.07) is 13.9. The van der Waals surface area contributed by atoms with Gasteiger partial charge in [0.25, 0.3) is 5.91 Å². The zero-order valence-corrected chi connectivity index (χ0v) is 17.7. The van der Waals surface area contributed by atoms with Crippen molar-refractivity contribution in [3.05, 3.63) is 70.2 Å². The van der Waals surface area contributed by atoms with Crippen molar-refractivity contribution in [3.63, 3.8) is 0 Å². The number of Topliss-reactive ketones (excluding diaryl/α,β-unsaturated/α-hetero) is 1. The van der Waals surface area contributed by atoms with Crippen LogP contribution in [0.3, 0.4) is 0 Å². The molecule has 2 aromatic rings. The number of halogens is 1. The van der Waals surface area contributed by atoms with Gasteiger partial charge in [0.1, 0.15) is 5.54 Å². The van der Waals surface area contributed by atoms with Gasteiger partial charge in [-0.3, -0.25) is 14.5 Å². The van der Waals surface area contributed by atoms with E-state index in [1.807, 2.05) is 12.1 Å². The molecule has 30 heavy (non-hydrogen) atoms. The zero-order valence-electron chi connectivity index (χ0n) is 17.0. The maximum Gasteiger partial charge on any atom is 0.325 e. The van der Waals surface area contributed by atoms with Crippen molar-refractivity contribution in [1.82, 2.24) is 10.2 Å². The molecule has 0 radical (unpaired) electrons. The normalized spacial score (nSPS) is 22.3. The Morgan fingerprint density at radius 2 is 1.73 bits per heavy atom. The molecule has 0 unspecified atom stereocenters. The lowest BCUT2D eigenvalue weighted by atomic mass is 9.84. The lowest BCUT2D eigenvalue weighted by molar-refractivity contribution is -0.130. The van der Waals surface area contributed by atoms with Gasteiger partial charge in [-0.1, -0.05) is 73.3 Å². The number of nitrogens with one attached hydrogen (secondary N) is 1. The molecular weight excluding hydrogens is 400 g/mol. The molecule has 2 aromatic carbocycles. The van der Waals surface area contributed by atoms with E-state index in [0.717, 1.165) is 4.90 Å². The monoisotopic (exact) mass is 424 g/mol. The molecule has 0 aromatic heterocycles. The first kappa shape index (κ1) is 20.6. The van der Waals surface area contributed by atoms with E-state index in [4.69, 9.17) is 11.6 Å². The number of benzene rings is 2. The van der Waals surface area contributed by atoms with Crippen LogP contribution in [-0.4, -0.2) is 29.2 Å². The highest BCUT2D eigenvalue weighted by Crippen LogP contribution is 2.34. The van der Waals surface area contributed by atoms with Crippen molar-refractivity contribution in [3.8, 4) is 0 Å².